The van der Waals surface area contributed by atoms with E-state index in [4.69, 9.17) is 4.74 Å². The summed E-state index contributed by atoms with van der Waals surface area (Å²) in [5, 5.41) is 10.9. The largest absolute Gasteiger partial charge is 0.472 e. The van der Waals surface area contributed by atoms with Gasteiger partial charge in [0.1, 0.15) is 0 Å². The molecule has 6 heteroatoms. The van der Waals surface area contributed by atoms with Gasteiger partial charge in [-0.1, -0.05) is 13.0 Å². The molecule has 0 saturated heterocycles. The van der Waals surface area contributed by atoms with Gasteiger partial charge in [0.15, 0.2) is 11.9 Å². The molecule has 1 unspecified atom stereocenters. The van der Waals surface area contributed by atoms with Gasteiger partial charge in [0, 0.05) is 6.07 Å². The number of nitrogens with zero attached hydrogens (tertiary/aromatic N) is 1. The topological polar surface area (TPSA) is 78.7 Å². The Morgan fingerprint density at radius 2 is 2.22 bits per heavy atom. The second kappa shape index (κ2) is 6.00. The zero-order valence-electron chi connectivity index (χ0n) is 10.2. The van der Waals surface area contributed by atoms with Crippen molar-refractivity contribution in [2.45, 2.75) is 19.4 Å². The summed E-state index contributed by atoms with van der Waals surface area (Å²) in [5.74, 6) is -0.532. The molecule has 1 rings (SSSR count). The van der Waals surface area contributed by atoms with Gasteiger partial charge in [-0.15, -0.1) is 0 Å². The van der Waals surface area contributed by atoms with Gasteiger partial charge >= 0.3 is 11.7 Å². The molecule has 0 amide bonds. The first-order valence-corrected chi connectivity index (χ1v) is 5.34. The highest BCUT2D eigenvalue weighted by atomic mass is 16.6. The Bertz CT molecular complexity index is 458. The average Bonchev–Trinajstić information content (AvgIpc) is 2.36. The zero-order valence-corrected chi connectivity index (χ0v) is 10.2. The Balaban J connectivity index is 3.02. The minimum Gasteiger partial charge on any atom is -0.472 e. The first kappa shape index (κ1) is 14.0. The number of nitro groups is 1. The molecule has 0 saturated carbocycles. The van der Waals surface area contributed by atoms with Gasteiger partial charge in [0.2, 0.25) is 0 Å². The monoisotopic (exact) mass is 252 g/mol. The summed E-state index contributed by atoms with van der Waals surface area (Å²) in [4.78, 5) is 21.7. The highest BCUT2D eigenvalue weighted by Gasteiger charge is 2.23. The van der Waals surface area contributed by atoms with Gasteiger partial charge in [-0.2, -0.15) is 0 Å². The molecule has 18 heavy (non-hydrogen) atoms. The minimum absolute atomic E-state index is 0.0321. The van der Waals surface area contributed by atoms with Crippen LogP contribution in [0.4, 0.5) is 5.69 Å². The maximum atomic E-state index is 11.4. The number of hydrogen-bond donors (Lipinski definition) is 0. The van der Waals surface area contributed by atoms with Crippen LogP contribution >= 0.6 is 0 Å². The fourth-order valence-electron chi connectivity index (χ4n) is 1.39. The lowest BCUT2D eigenvalue weighted by molar-refractivity contribution is -0.386. The van der Waals surface area contributed by atoms with Crippen LogP contribution in [0.5, 0.6) is 5.75 Å². The van der Waals surface area contributed by atoms with Crippen LogP contribution in [-0.4, -0.2) is 24.1 Å². The maximum Gasteiger partial charge on any atom is 0.347 e. The zero-order chi connectivity index (χ0) is 13.7. The maximum absolute atomic E-state index is 11.4. The Morgan fingerprint density at radius 3 is 2.72 bits per heavy atom. The van der Waals surface area contributed by atoms with Crippen LogP contribution < -0.4 is 4.74 Å². The van der Waals surface area contributed by atoms with E-state index in [1.165, 1.54) is 19.2 Å². The molecule has 0 fully saturated rings. The third kappa shape index (κ3) is 3.19. The normalized spacial score (nSPS) is 11.7. The van der Waals surface area contributed by atoms with E-state index in [-0.39, 0.29) is 11.4 Å². The third-order valence-corrected chi connectivity index (χ3v) is 2.32. The highest BCUT2D eigenvalue weighted by molar-refractivity contribution is 5.75. The van der Waals surface area contributed by atoms with E-state index in [2.05, 4.69) is 11.7 Å². The van der Waals surface area contributed by atoms with Crippen molar-refractivity contribution in [3.05, 3.63) is 40.8 Å². The van der Waals surface area contributed by atoms with Crippen LogP contribution in [0.25, 0.3) is 0 Å². The van der Waals surface area contributed by atoms with E-state index in [1.807, 2.05) is 0 Å². The number of carbonyl (C=O) groups excluding carboxylic acids is 1. The number of rotatable bonds is 5. The Morgan fingerprint density at radius 1 is 1.56 bits per heavy atom. The Hall–Kier alpha value is -2.11. The molecule has 0 N–H and O–H groups in total. The molecule has 1 atom stereocenters. The standard InChI is InChI=1S/C12H14NO5/c1-4-10(12(14)17-3)18-11-6-5-8(2)7-9(11)13(15)16/h5-7,10H,2,4H2,1,3H3. The molecule has 0 aliphatic carbocycles. The first-order valence-electron chi connectivity index (χ1n) is 5.34. The van der Waals surface area contributed by atoms with Gasteiger partial charge in [0.05, 0.1) is 12.0 Å². The van der Waals surface area contributed by atoms with Crippen molar-refractivity contribution < 1.29 is 19.2 Å². The summed E-state index contributed by atoms with van der Waals surface area (Å²) in [6.45, 7) is 5.33. The van der Waals surface area contributed by atoms with Gasteiger partial charge in [-0.05, 0) is 25.0 Å². The fraction of sp³-hybridized carbons (Fsp3) is 0.333. The summed E-state index contributed by atoms with van der Waals surface area (Å²) < 4.78 is 9.87. The number of esters is 1. The van der Waals surface area contributed by atoms with E-state index in [0.717, 1.165) is 0 Å². The molecule has 0 aliphatic heterocycles. The molecule has 0 heterocycles. The summed E-state index contributed by atoms with van der Waals surface area (Å²) in [7, 11) is 1.24. The number of benzene rings is 1. The lowest BCUT2D eigenvalue weighted by Crippen LogP contribution is -2.27. The van der Waals surface area contributed by atoms with Gasteiger partial charge in [0.25, 0.3) is 0 Å². The molecule has 97 valence electrons. The Kier molecular flexibility index (Phi) is 4.65. The molecular weight excluding hydrogens is 238 g/mol. The lowest BCUT2D eigenvalue weighted by atomic mass is 10.2. The second-order valence-electron chi connectivity index (χ2n) is 3.60. The predicted molar refractivity (Wildman–Crippen MR) is 64.3 cm³/mol. The van der Waals surface area contributed by atoms with E-state index < -0.39 is 17.0 Å². The van der Waals surface area contributed by atoms with Crippen LogP contribution in [0.3, 0.4) is 0 Å². The number of nitro benzene ring substituents is 1. The van der Waals surface area contributed by atoms with Crippen molar-refractivity contribution in [1.29, 1.82) is 0 Å². The number of methoxy groups -OCH3 is 1. The van der Waals surface area contributed by atoms with Crippen molar-refractivity contribution in [3.8, 4) is 5.75 Å². The van der Waals surface area contributed by atoms with Crippen molar-refractivity contribution in [3.63, 3.8) is 0 Å². The van der Waals surface area contributed by atoms with Crippen LogP contribution in [0, 0.1) is 17.0 Å². The lowest BCUT2D eigenvalue weighted by Gasteiger charge is -2.15. The highest BCUT2D eigenvalue weighted by Crippen LogP contribution is 2.29. The Labute approximate surface area is 105 Å². The summed E-state index contributed by atoms with van der Waals surface area (Å²) >= 11 is 0. The van der Waals surface area contributed by atoms with Crippen LogP contribution in [0.15, 0.2) is 18.2 Å². The molecule has 0 spiro atoms. The summed E-state index contributed by atoms with van der Waals surface area (Å²) in [5.41, 5.74) is 0.282. The van der Waals surface area contributed by atoms with Gasteiger partial charge in [-0.25, -0.2) is 4.79 Å². The molecular formula is C12H14NO5. The minimum atomic E-state index is -0.857. The van der Waals surface area contributed by atoms with Crippen molar-refractivity contribution in [2.75, 3.05) is 7.11 Å². The van der Waals surface area contributed by atoms with Crippen LogP contribution in [0.1, 0.15) is 18.9 Å². The fourth-order valence-corrected chi connectivity index (χ4v) is 1.39. The first-order chi connectivity index (χ1) is 8.49. The summed E-state index contributed by atoms with van der Waals surface area (Å²) in [6.07, 6.45) is -0.500. The quantitative estimate of drug-likeness (QED) is 0.455. The molecule has 6 nitrogen and oxygen atoms in total. The molecule has 0 aliphatic rings. The SMILES string of the molecule is [CH2]c1ccc(OC(CC)C(=O)OC)c([N+](=O)[O-])c1. The number of ether oxygens (including phenoxy) is 2. The number of carbonyl (C=O) groups is 1. The summed E-state index contributed by atoms with van der Waals surface area (Å²) in [6, 6.07) is 4.29. The van der Waals surface area contributed by atoms with E-state index in [9.17, 15) is 14.9 Å². The van der Waals surface area contributed by atoms with E-state index in [0.29, 0.717) is 12.0 Å². The molecule has 1 aromatic rings. The van der Waals surface area contributed by atoms with Gasteiger partial charge < -0.3 is 9.47 Å². The molecule has 0 aromatic heterocycles. The number of hydrogen-bond acceptors (Lipinski definition) is 5. The van der Waals surface area contributed by atoms with E-state index >= 15 is 0 Å². The second-order valence-corrected chi connectivity index (χ2v) is 3.60. The van der Waals surface area contributed by atoms with Crippen molar-refractivity contribution in [2.24, 2.45) is 0 Å². The van der Waals surface area contributed by atoms with Crippen LogP contribution in [-0.2, 0) is 9.53 Å². The molecule has 1 radical (unpaired) electrons. The van der Waals surface area contributed by atoms with E-state index in [1.54, 1.807) is 13.0 Å². The molecule has 1 aromatic carbocycles. The predicted octanol–water partition coefficient (Wildman–Crippen LogP) is 2.11. The van der Waals surface area contributed by atoms with Crippen molar-refractivity contribution in [1.82, 2.24) is 0 Å². The third-order valence-electron chi connectivity index (χ3n) is 2.32. The van der Waals surface area contributed by atoms with Crippen LogP contribution in [0.2, 0.25) is 0 Å². The van der Waals surface area contributed by atoms with Crippen molar-refractivity contribution >= 4 is 11.7 Å². The van der Waals surface area contributed by atoms with Gasteiger partial charge in [-0.3, -0.25) is 10.1 Å². The smallest absolute Gasteiger partial charge is 0.347 e. The molecule has 0 bridgehead atoms. The average molecular weight is 252 g/mol.